The smallest absolute Gasteiger partial charge is 0.336 e. The highest BCUT2D eigenvalue weighted by Crippen LogP contribution is 2.39. The second-order valence-electron chi connectivity index (χ2n) is 7.05. The Bertz CT molecular complexity index is 1160. The molecule has 0 bridgehead atoms. The van der Waals surface area contributed by atoms with E-state index in [-0.39, 0.29) is 5.63 Å². The zero-order valence-corrected chi connectivity index (χ0v) is 16.3. The van der Waals surface area contributed by atoms with Gasteiger partial charge in [0.2, 0.25) is 0 Å². The molecule has 1 aromatic carbocycles. The Hall–Kier alpha value is -2.65. The monoisotopic (exact) mass is 377 g/mol. The van der Waals surface area contributed by atoms with E-state index < -0.39 is 0 Å². The maximum atomic E-state index is 12.0. The van der Waals surface area contributed by atoms with E-state index in [2.05, 4.69) is 22.1 Å². The van der Waals surface area contributed by atoms with Crippen LogP contribution < -0.4 is 5.63 Å². The van der Waals surface area contributed by atoms with Gasteiger partial charge >= 0.3 is 5.63 Å². The molecule has 0 radical (unpaired) electrons. The van der Waals surface area contributed by atoms with Crippen LogP contribution in [0.4, 0.5) is 0 Å². The lowest BCUT2D eigenvalue weighted by Crippen LogP contribution is -2.03. The minimum Gasteiger partial charge on any atom is -0.423 e. The SMILES string of the molecule is Cc1cc2oc(=O)cc(CSc3nc(C4CC4)nc(C)c3C#N)c2cc1C. The largest absolute Gasteiger partial charge is 0.423 e. The third kappa shape index (κ3) is 3.47. The lowest BCUT2D eigenvalue weighted by atomic mass is 10.0. The normalized spacial score (nSPS) is 13.7. The highest BCUT2D eigenvalue weighted by molar-refractivity contribution is 7.98. The average molecular weight is 377 g/mol. The van der Waals surface area contributed by atoms with Crippen molar-refractivity contribution in [1.29, 1.82) is 5.26 Å². The van der Waals surface area contributed by atoms with E-state index in [9.17, 15) is 10.1 Å². The number of hydrogen-bond acceptors (Lipinski definition) is 6. The Morgan fingerprint density at radius 1 is 1.19 bits per heavy atom. The van der Waals surface area contributed by atoms with Crippen LogP contribution >= 0.6 is 11.8 Å². The number of thioether (sulfide) groups is 1. The van der Waals surface area contributed by atoms with Crippen molar-refractivity contribution in [3.63, 3.8) is 0 Å². The van der Waals surface area contributed by atoms with E-state index in [4.69, 9.17) is 4.42 Å². The van der Waals surface area contributed by atoms with E-state index in [1.807, 2.05) is 26.8 Å². The Balaban J connectivity index is 1.73. The molecule has 0 spiro atoms. The summed E-state index contributed by atoms with van der Waals surface area (Å²) >= 11 is 1.48. The molecule has 27 heavy (non-hydrogen) atoms. The van der Waals surface area contributed by atoms with Gasteiger partial charge < -0.3 is 4.42 Å². The third-order valence-corrected chi connectivity index (χ3v) is 5.96. The predicted molar refractivity (Wildman–Crippen MR) is 105 cm³/mol. The molecular formula is C21H19N3O2S. The van der Waals surface area contributed by atoms with E-state index >= 15 is 0 Å². The molecule has 2 heterocycles. The van der Waals surface area contributed by atoms with Gasteiger partial charge in [-0.05, 0) is 62.4 Å². The quantitative estimate of drug-likeness (QED) is 0.377. The van der Waals surface area contributed by atoms with Crippen molar-refractivity contribution < 1.29 is 4.42 Å². The highest BCUT2D eigenvalue weighted by atomic mass is 32.2. The molecule has 1 aliphatic carbocycles. The van der Waals surface area contributed by atoms with Crippen molar-refractivity contribution >= 4 is 22.7 Å². The molecule has 0 amide bonds. The number of aromatic nitrogens is 2. The molecule has 0 unspecified atom stereocenters. The van der Waals surface area contributed by atoms with Gasteiger partial charge in [-0.3, -0.25) is 0 Å². The van der Waals surface area contributed by atoms with Crippen LogP contribution in [0.5, 0.6) is 0 Å². The number of fused-ring (bicyclic) bond motifs is 1. The zero-order valence-electron chi connectivity index (χ0n) is 15.5. The summed E-state index contributed by atoms with van der Waals surface area (Å²) in [4.78, 5) is 21.1. The maximum Gasteiger partial charge on any atom is 0.336 e. The second kappa shape index (κ2) is 6.82. The molecule has 0 saturated heterocycles. The van der Waals surface area contributed by atoms with Crippen molar-refractivity contribution in [3.05, 3.63) is 62.4 Å². The lowest BCUT2D eigenvalue weighted by Gasteiger charge is -2.10. The van der Waals surface area contributed by atoms with Crippen molar-refractivity contribution in [2.75, 3.05) is 0 Å². The van der Waals surface area contributed by atoms with Gasteiger partial charge in [-0.1, -0.05) is 0 Å². The van der Waals surface area contributed by atoms with Crippen LogP contribution in [0.15, 0.2) is 32.4 Å². The molecule has 0 N–H and O–H groups in total. The molecular weight excluding hydrogens is 358 g/mol. The number of aryl methyl sites for hydroxylation is 3. The molecule has 4 rings (SSSR count). The lowest BCUT2D eigenvalue weighted by molar-refractivity contribution is 0.559. The summed E-state index contributed by atoms with van der Waals surface area (Å²) in [5.74, 6) is 1.80. The van der Waals surface area contributed by atoms with E-state index in [0.29, 0.717) is 27.8 Å². The summed E-state index contributed by atoms with van der Waals surface area (Å²) in [6.45, 7) is 5.90. The van der Waals surface area contributed by atoms with Gasteiger partial charge in [-0.15, -0.1) is 11.8 Å². The topological polar surface area (TPSA) is 79.8 Å². The average Bonchev–Trinajstić information content (AvgIpc) is 3.46. The Labute approximate surface area is 161 Å². The van der Waals surface area contributed by atoms with Crippen molar-refractivity contribution in [2.45, 2.75) is 50.3 Å². The number of rotatable bonds is 4. The summed E-state index contributed by atoms with van der Waals surface area (Å²) < 4.78 is 5.37. The predicted octanol–water partition coefficient (Wildman–Crippen LogP) is 4.55. The van der Waals surface area contributed by atoms with Crippen LogP contribution in [0.2, 0.25) is 0 Å². The van der Waals surface area contributed by atoms with Crippen LogP contribution in [0, 0.1) is 32.1 Å². The summed E-state index contributed by atoms with van der Waals surface area (Å²) in [6.07, 6.45) is 2.22. The van der Waals surface area contributed by atoms with Crippen LogP contribution in [-0.4, -0.2) is 9.97 Å². The van der Waals surface area contributed by atoms with Crippen LogP contribution in [0.25, 0.3) is 11.0 Å². The molecule has 0 aliphatic heterocycles. The van der Waals surface area contributed by atoms with E-state index in [0.717, 1.165) is 46.4 Å². The highest BCUT2D eigenvalue weighted by Gasteiger charge is 2.28. The van der Waals surface area contributed by atoms with Crippen molar-refractivity contribution in [3.8, 4) is 6.07 Å². The first-order valence-electron chi connectivity index (χ1n) is 8.91. The summed E-state index contributed by atoms with van der Waals surface area (Å²) in [5.41, 5.74) is 4.60. The van der Waals surface area contributed by atoms with Gasteiger partial charge in [0.25, 0.3) is 0 Å². The van der Waals surface area contributed by atoms with Gasteiger partial charge in [0.05, 0.1) is 5.69 Å². The number of hydrogen-bond donors (Lipinski definition) is 0. The first-order chi connectivity index (χ1) is 13.0. The fourth-order valence-electron chi connectivity index (χ4n) is 3.07. The fraction of sp³-hybridized carbons (Fsp3) is 0.333. The maximum absolute atomic E-state index is 12.0. The third-order valence-electron chi connectivity index (χ3n) is 4.94. The van der Waals surface area contributed by atoms with Gasteiger partial charge in [-0.2, -0.15) is 5.26 Å². The standard InChI is InChI=1S/C21H19N3O2S/c1-11-6-16-15(8-19(25)26-18(16)7-12(11)2)10-27-21-17(9-22)13(3)23-20(24-21)14-4-5-14/h6-8,14H,4-5,10H2,1-3H3. The first-order valence-corrected chi connectivity index (χ1v) is 9.90. The van der Waals surface area contributed by atoms with Gasteiger partial charge in [-0.25, -0.2) is 14.8 Å². The number of benzene rings is 1. The summed E-state index contributed by atoms with van der Waals surface area (Å²) in [6, 6.07) is 7.71. The molecule has 1 saturated carbocycles. The molecule has 3 aromatic rings. The Morgan fingerprint density at radius 3 is 2.63 bits per heavy atom. The second-order valence-corrected chi connectivity index (χ2v) is 8.01. The van der Waals surface area contributed by atoms with Crippen molar-refractivity contribution in [1.82, 2.24) is 9.97 Å². The van der Waals surface area contributed by atoms with Crippen LogP contribution in [-0.2, 0) is 5.75 Å². The Morgan fingerprint density at radius 2 is 1.93 bits per heavy atom. The van der Waals surface area contributed by atoms with E-state index in [1.165, 1.54) is 17.8 Å². The first kappa shape index (κ1) is 17.7. The van der Waals surface area contributed by atoms with Crippen LogP contribution in [0.1, 0.15) is 52.5 Å². The molecule has 0 atom stereocenters. The molecule has 1 fully saturated rings. The Kier molecular flexibility index (Phi) is 4.48. The minimum absolute atomic E-state index is 0.362. The van der Waals surface area contributed by atoms with E-state index in [1.54, 1.807) is 0 Å². The molecule has 6 heteroatoms. The molecule has 2 aromatic heterocycles. The van der Waals surface area contributed by atoms with Gasteiger partial charge in [0.1, 0.15) is 28.1 Å². The summed E-state index contributed by atoms with van der Waals surface area (Å²) in [5, 5.41) is 11.1. The van der Waals surface area contributed by atoms with Gasteiger partial charge in [0, 0.05) is 23.1 Å². The van der Waals surface area contributed by atoms with Crippen molar-refractivity contribution in [2.24, 2.45) is 0 Å². The molecule has 136 valence electrons. The fourth-order valence-corrected chi connectivity index (χ4v) is 4.10. The van der Waals surface area contributed by atoms with Crippen LogP contribution in [0.3, 0.4) is 0 Å². The minimum atomic E-state index is -0.362. The number of nitrogens with zero attached hydrogens (tertiary/aromatic N) is 3. The molecule has 1 aliphatic rings. The van der Waals surface area contributed by atoms with Gasteiger partial charge in [0.15, 0.2) is 0 Å². The summed E-state index contributed by atoms with van der Waals surface area (Å²) in [7, 11) is 0. The number of nitriles is 1. The molecule has 5 nitrogen and oxygen atoms in total. The zero-order chi connectivity index (χ0) is 19.1.